The summed E-state index contributed by atoms with van der Waals surface area (Å²) in [4.78, 5) is 13.4. The molecule has 1 aliphatic rings. The van der Waals surface area contributed by atoms with E-state index in [1.165, 1.54) is 7.11 Å². The van der Waals surface area contributed by atoms with E-state index in [4.69, 9.17) is 24.8 Å². The molecule has 1 fully saturated rings. The van der Waals surface area contributed by atoms with Crippen LogP contribution in [0.5, 0.6) is 0 Å². The monoisotopic (exact) mass is 422 g/mol. The van der Waals surface area contributed by atoms with E-state index in [0.29, 0.717) is 32.4 Å². The van der Waals surface area contributed by atoms with Crippen molar-refractivity contribution in [2.24, 2.45) is 5.11 Å². The molecule has 1 saturated heterocycles. The average Bonchev–Trinajstić information content (AvgIpc) is 2.75. The molecule has 3 N–H and O–H groups in total. The van der Waals surface area contributed by atoms with Crippen molar-refractivity contribution in [2.75, 3.05) is 20.3 Å². The first-order chi connectivity index (χ1) is 14.6. The summed E-state index contributed by atoms with van der Waals surface area (Å²) in [6.07, 6.45) is -1.02. The number of ether oxygens (including phenoxy) is 3. The van der Waals surface area contributed by atoms with Gasteiger partial charge in [-0.25, -0.2) is 0 Å². The molecule has 2 rings (SSSR count). The van der Waals surface area contributed by atoms with Gasteiger partial charge >= 0.3 is 5.97 Å². The highest BCUT2D eigenvalue weighted by atomic mass is 16.7. The van der Waals surface area contributed by atoms with Crippen molar-refractivity contribution in [2.45, 2.75) is 62.9 Å². The molecule has 166 valence electrons. The van der Waals surface area contributed by atoms with Crippen LogP contribution in [0.25, 0.3) is 10.4 Å². The third-order valence-corrected chi connectivity index (χ3v) is 4.96. The van der Waals surface area contributed by atoms with E-state index in [1.807, 2.05) is 30.3 Å². The number of aliphatic carboxylic acids is 1. The number of aliphatic hydroxyl groups excluding tert-OH is 1. The zero-order chi connectivity index (χ0) is 21.8. The lowest BCUT2D eigenvalue weighted by atomic mass is 9.96. The van der Waals surface area contributed by atoms with Gasteiger partial charge in [0.25, 0.3) is 0 Å². The predicted molar refractivity (Wildman–Crippen MR) is 109 cm³/mol. The second-order valence-electron chi connectivity index (χ2n) is 7.11. The maximum absolute atomic E-state index is 11.0. The zero-order valence-corrected chi connectivity index (χ0v) is 17.1. The molecular weight excluding hydrogens is 392 g/mol. The van der Waals surface area contributed by atoms with Crippen molar-refractivity contribution >= 4 is 5.97 Å². The maximum Gasteiger partial charge on any atom is 0.303 e. The number of unbranched alkanes of at least 4 members (excludes halogenated alkanes) is 2. The molecule has 0 saturated carbocycles. The van der Waals surface area contributed by atoms with E-state index in [9.17, 15) is 9.90 Å². The molecule has 1 aromatic carbocycles. The number of nitrogens with zero attached hydrogens (tertiary/aromatic N) is 3. The minimum atomic E-state index is -0.953. The maximum atomic E-state index is 11.0. The lowest BCUT2D eigenvalue weighted by Gasteiger charge is -2.44. The summed E-state index contributed by atoms with van der Waals surface area (Å²) in [5.41, 5.74) is 9.71. The van der Waals surface area contributed by atoms with E-state index in [2.05, 4.69) is 15.3 Å². The molecular formula is C20H30N4O6. The van der Waals surface area contributed by atoms with Crippen LogP contribution >= 0.6 is 0 Å². The fraction of sp³-hybridized carbons (Fsp3) is 0.650. The lowest BCUT2D eigenvalue weighted by molar-refractivity contribution is -0.263. The number of carboxylic acids is 1. The van der Waals surface area contributed by atoms with Gasteiger partial charge in [0.2, 0.25) is 0 Å². The number of azide groups is 1. The lowest BCUT2D eigenvalue weighted by Crippen LogP contribution is -2.64. The van der Waals surface area contributed by atoms with Crippen molar-refractivity contribution in [3.8, 4) is 0 Å². The first-order valence-corrected chi connectivity index (χ1v) is 10.0. The van der Waals surface area contributed by atoms with Gasteiger partial charge in [-0.05, 0) is 23.9 Å². The normalized spacial score (nSPS) is 26.1. The SMILES string of the molecule is CO[C@H]1OC(CN=[N+]=[N-])[C@@H](OCCCCCC(=O)O)[C@H](O)C1NCc1ccccc1. The van der Waals surface area contributed by atoms with Crippen LogP contribution in [0, 0.1) is 0 Å². The van der Waals surface area contributed by atoms with Crippen molar-refractivity contribution in [1.29, 1.82) is 0 Å². The Hall–Kier alpha value is -2.20. The predicted octanol–water partition coefficient (Wildman–Crippen LogP) is 2.22. The van der Waals surface area contributed by atoms with Crippen LogP contribution in [-0.2, 0) is 25.5 Å². The van der Waals surface area contributed by atoms with Gasteiger partial charge in [0.1, 0.15) is 12.2 Å². The number of carboxylic acid groups (broad SMARTS) is 1. The molecule has 1 aliphatic heterocycles. The summed E-state index contributed by atoms with van der Waals surface area (Å²) < 4.78 is 17.2. The number of hydrogen-bond acceptors (Lipinski definition) is 7. The number of carbonyl (C=O) groups is 1. The topological polar surface area (TPSA) is 146 Å². The van der Waals surface area contributed by atoms with E-state index in [1.54, 1.807) is 0 Å². The number of benzene rings is 1. The summed E-state index contributed by atoms with van der Waals surface area (Å²) in [5, 5.41) is 26.5. The van der Waals surface area contributed by atoms with Gasteiger partial charge in [-0.2, -0.15) is 0 Å². The highest BCUT2D eigenvalue weighted by Crippen LogP contribution is 2.25. The van der Waals surface area contributed by atoms with Crippen LogP contribution in [0.2, 0.25) is 0 Å². The van der Waals surface area contributed by atoms with Crippen molar-refractivity contribution in [3.05, 3.63) is 46.3 Å². The second-order valence-corrected chi connectivity index (χ2v) is 7.11. The van der Waals surface area contributed by atoms with Crippen molar-refractivity contribution in [1.82, 2.24) is 5.32 Å². The number of aliphatic hydroxyl groups is 1. The van der Waals surface area contributed by atoms with Crippen LogP contribution in [0.4, 0.5) is 0 Å². The molecule has 0 aromatic heterocycles. The Morgan fingerprint density at radius 2 is 2.07 bits per heavy atom. The smallest absolute Gasteiger partial charge is 0.303 e. The average molecular weight is 422 g/mol. The zero-order valence-electron chi connectivity index (χ0n) is 17.1. The standard InChI is InChI=1S/C20H30N4O6/c1-28-20-17(22-12-14-8-4-2-5-9-14)18(27)19(15(30-20)13-23-24-21)29-11-7-3-6-10-16(25)26/h2,4-5,8-9,15,17-20,22,27H,3,6-7,10-13H2,1H3,(H,25,26)/t15?,17?,18-,19-,20+/m1/s1. The van der Waals surface area contributed by atoms with Gasteiger partial charge in [0, 0.05) is 31.6 Å². The fourth-order valence-corrected chi connectivity index (χ4v) is 3.41. The Kier molecular flexibility index (Phi) is 10.6. The van der Waals surface area contributed by atoms with Gasteiger partial charge in [-0.3, -0.25) is 4.79 Å². The molecule has 1 heterocycles. The fourth-order valence-electron chi connectivity index (χ4n) is 3.41. The molecule has 0 amide bonds. The van der Waals surface area contributed by atoms with Crippen LogP contribution in [0.15, 0.2) is 35.4 Å². The molecule has 0 spiro atoms. The summed E-state index contributed by atoms with van der Waals surface area (Å²) in [5.74, 6) is -0.820. The van der Waals surface area contributed by atoms with E-state index >= 15 is 0 Å². The summed E-state index contributed by atoms with van der Waals surface area (Å²) in [6, 6.07) is 9.20. The number of methoxy groups -OCH3 is 1. The minimum absolute atomic E-state index is 0.00249. The Bertz CT molecular complexity index is 685. The summed E-state index contributed by atoms with van der Waals surface area (Å²) in [6.45, 7) is 0.845. The van der Waals surface area contributed by atoms with Crippen LogP contribution in [0.1, 0.15) is 31.2 Å². The van der Waals surface area contributed by atoms with E-state index in [0.717, 1.165) is 5.56 Å². The van der Waals surface area contributed by atoms with Gasteiger partial charge < -0.3 is 29.7 Å². The first-order valence-electron chi connectivity index (χ1n) is 10.0. The molecule has 10 heteroatoms. The third kappa shape index (κ3) is 7.56. The van der Waals surface area contributed by atoms with Crippen LogP contribution < -0.4 is 5.32 Å². The first kappa shape index (κ1) is 24.1. The number of hydrogen-bond donors (Lipinski definition) is 3. The van der Waals surface area contributed by atoms with Gasteiger partial charge in [0.05, 0.1) is 18.7 Å². The molecule has 0 aliphatic carbocycles. The largest absolute Gasteiger partial charge is 0.481 e. The summed E-state index contributed by atoms with van der Waals surface area (Å²) >= 11 is 0. The highest BCUT2D eigenvalue weighted by Gasteiger charge is 2.45. The molecule has 5 atom stereocenters. The third-order valence-electron chi connectivity index (χ3n) is 4.96. The minimum Gasteiger partial charge on any atom is -0.481 e. The van der Waals surface area contributed by atoms with Crippen LogP contribution in [-0.4, -0.2) is 67.1 Å². The summed E-state index contributed by atoms with van der Waals surface area (Å²) in [7, 11) is 1.49. The van der Waals surface area contributed by atoms with E-state index < -0.39 is 36.6 Å². The number of rotatable bonds is 13. The Balaban J connectivity index is 1.98. The Morgan fingerprint density at radius 1 is 1.30 bits per heavy atom. The van der Waals surface area contributed by atoms with E-state index in [-0.39, 0.29) is 13.0 Å². The molecule has 0 radical (unpaired) electrons. The van der Waals surface area contributed by atoms with Gasteiger partial charge in [0.15, 0.2) is 6.29 Å². The highest BCUT2D eigenvalue weighted by molar-refractivity contribution is 5.66. The number of nitrogens with one attached hydrogen (secondary N) is 1. The molecule has 10 nitrogen and oxygen atoms in total. The van der Waals surface area contributed by atoms with Gasteiger partial charge in [-0.1, -0.05) is 41.9 Å². The van der Waals surface area contributed by atoms with Crippen LogP contribution in [0.3, 0.4) is 0 Å². The second kappa shape index (κ2) is 13.2. The Morgan fingerprint density at radius 3 is 2.73 bits per heavy atom. The quantitative estimate of drug-likeness (QED) is 0.191. The molecule has 1 aromatic rings. The molecule has 30 heavy (non-hydrogen) atoms. The van der Waals surface area contributed by atoms with Crippen molar-refractivity contribution in [3.63, 3.8) is 0 Å². The molecule has 0 bridgehead atoms. The van der Waals surface area contributed by atoms with Crippen molar-refractivity contribution < 1.29 is 29.2 Å². The molecule has 2 unspecified atom stereocenters. The van der Waals surface area contributed by atoms with Gasteiger partial charge in [-0.15, -0.1) is 0 Å². The Labute approximate surface area is 175 Å².